The largest absolute Gasteiger partial charge is 0.396 e. The van der Waals surface area contributed by atoms with Crippen LogP contribution < -0.4 is 4.72 Å². The van der Waals surface area contributed by atoms with Gasteiger partial charge in [0.15, 0.2) is 0 Å². The van der Waals surface area contributed by atoms with Gasteiger partial charge in [-0.05, 0) is 23.8 Å². The van der Waals surface area contributed by atoms with E-state index in [1.807, 2.05) is 0 Å². The maximum atomic E-state index is 12.0. The van der Waals surface area contributed by atoms with E-state index in [2.05, 4.69) is 9.71 Å². The molecule has 0 aliphatic carbocycles. The van der Waals surface area contributed by atoms with Gasteiger partial charge in [-0.2, -0.15) is 0 Å². The zero-order valence-corrected chi connectivity index (χ0v) is 11.7. The average molecular weight is 298 g/mol. The summed E-state index contributed by atoms with van der Waals surface area (Å²) in [6.07, 6.45) is 3.73. The summed E-state index contributed by atoms with van der Waals surface area (Å²) in [6.45, 7) is 0.229. The van der Waals surface area contributed by atoms with Crippen LogP contribution in [0.15, 0.2) is 40.9 Å². The summed E-state index contributed by atoms with van der Waals surface area (Å²) in [5, 5.41) is 8.82. The molecule has 102 valence electrons. The van der Waals surface area contributed by atoms with E-state index in [0.717, 1.165) is 10.4 Å². The van der Waals surface area contributed by atoms with E-state index in [4.69, 9.17) is 5.11 Å². The molecule has 2 aromatic rings. The monoisotopic (exact) mass is 298 g/mol. The van der Waals surface area contributed by atoms with Crippen LogP contribution in [0.1, 0.15) is 10.4 Å². The standard InChI is InChI=1S/C12H14N2O3S2/c15-7-5-11-3-4-12(18-11)19(16,17)14-9-10-2-1-6-13-8-10/h1-4,6,8,14-15H,5,7,9H2. The van der Waals surface area contributed by atoms with Crippen molar-refractivity contribution in [3.63, 3.8) is 0 Å². The fourth-order valence-corrected chi connectivity index (χ4v) is 3.91. The maximum absolute atomic E-state index is 12.0. The molecule has 0 radical (unpaired) electrons. The van der Waals surface area contributed by atoms with Crippen LogP contribution in [0.2, 0.25) is 0 Å². The van der Waals surface area contributed by atoms with Gasteiger partial charge in [-0.1, -0.05) is 6.07 Å². The number of rotatable bonds is 6. The second-order valence-corrected chi connectivity index (χ2v) is 7.04. The van der Waals surface area contributed by atoms with E-state index in [1.54, 1.807) is 36.7 Å². The van der Waals surface area contributed by atoms with Crippen LogP contribution in [0.3, 0.4) is 0 Å². The lowest BCUT2D eigenvalue weighted by atomic mass is 10.3. The van der Waals surface area contributed by atoms with Crippen LogP contribution in [0.4, 0.5) is 0 Å². The number of aliphatic hydroxyl groups excluding tert-OH is 1. The third-order valence-electron chi connectivity index (χ3n) is 2.45. The minimum Gasteiger partial charge on any atom is -0.396 e. The van der Waals surface area contributed by atoms with Crippen molar-refractivity contribution < 1.29 is 13.5 Å². The Morgan fingerprint density at radius 1 is 1.32 bits per heavy atom. The van der Waals surface area contributed by atoms with Gasteiger partial charge < -0.3 is 5.11 Å². The van der Waals surface area contributed by atoms with E-state index in [-0.39, 0.29) is 17.4 Å². The number of nitrogens with zero attached hydrogens (tertiary/aromatic N) is 1. The molecule has 2 rings (SSSR count). The molecule has 0 bridgehead atoms. The van der Waals surface area contributed by atoms with Gasteiger partial charge in [-0.25, -0.2) is 13.1 Å². The zero-order chi connectivity index (χ0) is 13.7. The Bertz CT molecular complexity index is 623. The Kier molecular flexibility index (Phi) is 4.65. The fourth-order valence-electron chi connectivity index (χ4n) is 1.50. The van der Waals surface area contributed by atoms with E-state index in [9.17, 15) is 8.42 Å². The fraction of sp³-hybridized carbons (Fsp3) is 0.250. The lowest BCUT2D eigenvalue weighted by Gasteiger charge is -2.04. The summed E-state index contributed by atoms with van der Waals surface area (Å²) in [7, 11) is -3.50. The van der Waals surface area contributed by atoms with Gasteiger partial charge >= 0.3 is 0 Å². The first-order valence-electron chi connectivity index (χ1n) is 5.70. The van der Waals surface area contributed by atoms with Gasteiger partial charge in [-0.3, -0.25) is 4.98 Å². The Labute approximate surface area is 116 Å². The van der Waals surface area contributed by atoms with E-state index < -0.39 is 10.0 Å². The Morgan fingerprint density at radius 3 is 2.84 bits per heavy atom. The van der Waals surface area contributed by atoms with Crippen LogP contribution in [-0.4, -0.2) is 25.1 Å². The average Bonchev–Trinajstić information content (AvgIpc) is 2.88. The summed E-state index contributed by atoms with van der Waals surface area (Å²) >= 11 is 1.17. The minimum absolute atomic E-state index is 0.0170. The first kappa shape index (κ1) is 14.1. The molecule has 0 aromatic carbocycles. The maximum Gasteiger partial charge on any atom is 0.250 e. The van der Waals surface area contributed by atoms with Crippen LogP contribution in [0.25, 0.3) is 0 Å². The number of pyridine rings is 1. The highest BCUT2D eigenvalue weighted by molar-refractivity contribution is 7.91. The lowest BCUT2D eigenvalue weighted by Crippen LogP contribution is -2.22. The number of hydrogen-bond acceptors (Lipinski definition) is 5. The van der Waals surface area contributed by atoms with Gasteiger partial charge in [0.2, 0.25) is 10.0 Å². The first-order valence-corrected chi connectivity index (χ1v) is 8.00. The van der Waals surface area contributed by atoms with Crippen molar-refractivity contribution in [1.82, 2.24) is 9.71 Å². The van der Waals surface area contributed by atoms with Crippen molar-refractivity contribution in [2.45, 2.75) is 17.2 Å². The molecule has 5 nitrogen and oxygen atoms in total. The molecule has 7 heteroatoms. The van der Waals surface area contributed by atoms with Crippen LogP contribution in [-0.2, 0) is 23.0 Å². The van der Waals surface area contributed by atoms with Crippen molar-refractivity contribution in [3.8, 4) is 0 Å². The predicted octanol–water partition coefficient (Wildman–Crippen LogP) is 1.16. The van der Waals surface area contributed by atoms with Gasteiger partial charge in [-0.15, -0.1) is 11.3 Å². The van der Waals surface area contributed by atoms with Crippen molar-refractivity contribution in [2.24, 2.45) is 0 Å². The molecule has 0 amide bonds. The molecule has 2 heterocycles. The summed E-state index contributed by atoms with van der Waals surface area (Å²) in [4.78, 5) is 4.78. The Hall–Kier alpha value is -1.28. The molecule has 19 heavy (non-hydrogen) atoms. The summed E-state index contributed by atoms with van der Waals surface area (Å²) < 4.78 is 26.9. The third kappa shape index (κ3) is 3.84. The molecule has 2 aromatic heterocycles. The Morgan fingerprint density at radius 2 is 2.16 bits per heavy atom. The van der Waals surface area contributed by atoms with Crippen molar-refractivity contribution in [1.29, 1.82) is 0 Å². The van der Waals surface area contributed by atoms with Gasteiger partial charge in [0, 0.05) is 36.8 Å². The molecule has 0 aliphatic heterocycles. The van der Waals surface area contributed by atoms with Crippen LogP contribution in [0, 0.1) is 0 Å². The number of thiophene rings is 1. The first-order chi connectivity index (χ1) is 9.12. The number of aromatic nitrogens is 1. The summed E-state index contributed by atoms with van der Waals surface area (Å²) in [6, 6.07) is 6.84. The molecule has 0 spiro atoms. The van der Waals surface area contributed by atoms with Crippen molar-refractivity contribution in [3.05, 3.63) is 47.1 Å². The van der Waals surface area contributed by atoms with Crippen molar-refractivity contribution in [2.75, 3.05) is 6.61 Å². The zero-order valence-electron chi connectivity index (χ0n) is 10.1. The number of sulfonamides is 1. The highest BCUT2D eigenvalue weighted by atomic mass is 32.2. The molecule has 0 unspecified atom stereocenters. The lowest BCUT2D eigenvalue weighted by molar-refractivity contribution is 0.300. The molecule has 0 saturated carbocycles. The normalized spacial score (nSPS) is 11.6. The topological polar surface area (TPSA) is 79.3 Å². The van der Waals surface area contributed by atoms with E-state index in [0.29, 0.717) is 6.42 Å². The quantitative estimate of drug-likeness (QED) is 0.838. The summed E-state index contributed by atoms with van der Waals surface area (Å²) in [5.41, 5.74) is 0.804. The third-order valence-corrected chi connectivity index (χ3v) is 5.49. The molecule has 0 atom stereocenters. The number of hydrogen-bond donors (Lipinski definition) is 2. The van der Waals surface area contributed by atoms with E-state index in [1.165, 1.54) is 11.3 Å². The minimum atomic E-state index is -3.50. The van der Waals surface area contributed by atoms with Gasteiger partial charge in [0.1, 0.15) is 4.21 Å². The smallest absolute Gasteiger partial charge is 0.250 e. The summed E-state index contributed by atoms with van der Waals surface area (Å²) in [5.74, 6) is 0. The SMILES string of the molecule is O=S(=O)(NCc1cccnc1)c1ccc(CCO)s1. The molecular formula is C12H14N2O3S2. The highest BCUT2D eigenvalue weighted by Crippen LogP contribution is 2.21. The van der Waals surface area contributed by atoms with Crippen LogP contribution in [0.5, 0.6) is 0 Å². The molecule has 0 saturated heterocycles. The van der Waals surface area contributed by atoms with Crippen LogP contribution >= 0.6 is 11.3 Å². The number of aliphatic hydroxyl groups is 1. The van der Waals surface area contributed by atoms with E-state index >= 15 is 0 Å². The number of nitrogens with one attached hydrogen (secondary N) is 1. The van der Waals surface area contributed by atoms with Gasteiger partial charge in [0.05, 0.1) is 0 Å². The predicted molar refractivity (Wildman–Crippen MR) is 73.4 cm³/mol. The molecule has 2 N–H and O–H groups in total. The van der Waals surface area contributed by atoms with Gasteiger partial charge in [0.25, 0.3) is 0 Å². The second kappa shape index (κ2) is 6.25. The Balaban J connectivity index is 2.05. The van der Waals surface area contributed by atoms with Crippen molar-refractivity contribution >= 4 is 21.4 Å². The molecule has 0 fully saturated rings. The second-order valence-electron chi connectivity index (χ2n) is 3.88. The molecular weight excluding hydrogens is 284 g/mol. The molecule has 0 aliphatic rings. The highest BCUT2D eigenvalue weighted by Gasteiger charge is 2.16.